The molecule has 3 aromatic carbocycles. The molecule has 2 heterocycles. The van der Waals surface area contributed by atoms with Crippen LogP contribution in [0.2, 0.25) is 0 Å². The average molecular weight is 525 g/mol. The van der Waals surface area contributed by atoms with E-state index >= 15 is 4.39 Å². The summed E-state index contributed by atoms with van der Waals surface area (Å²) in [6, 6.07) is 15.2. The molecule has 0 amide bonds. The van der Waals surface area contributed by atoms with Crippen molar-refractivity contribution in [1.29, 1.82) is 0 Å². The maximum atomic E-state index is 15.2. The number of carboxylic acid groups (broad SMARTS) is 1. The summed E-state index contributed by atoms with van der Waals surface area (Å²) >= 11 is 0. The number of ether oxygens (including phenoxy) is 2. The van der Waals surface area contributed by atoms with Crippen LogP contribution in [0, 0.1) is 5.82 Å². The lowest BCUT2D eigenvalue weighted by atomic mass is 9.92. The summed E-state index contributed by atoms with van der Waals surface area (Å²) in [5, 5.41) is 12.5. The Bertz CT molecular complexity index is 1650. The number of aromatic carboxylic acids is 1. The Morgan fingerprint density at radius 1 is 1.05 bits per heavy atom. The molecule has 0 unspecified atom stereocenters. The van der Waals surface area contributed by atoms with Crippen LogP contribution in [0.3, 0.4) is 0 Å². The number of fused-ring (bicyclic) bond motifs is 3. The summed E-state index contributed by atoms with van der Waals surface area (Å²) in [6.45, 7) is 2.16. The monoisotopic (exact) mass is 524 g/mol. The Balaban J connectivity index is 1.63. The molecule has 0 radical (unpaired) electrons. The minimum atomic E-state index is -1.09. The van der Waals surface area contributed by atoms with Crippen molar-refractivity contribution >= 4 is 29.4 Å². The van der Waals surface area contributed by atoms with Gasteiger partial charge in [-0.3, -0.25) is 4.99 Å². The van der Waals surface area contributed by atoms with Gasteiger partial charge >= 0.3 is 5.97 Å². The predicted molar refractivity (Wildman–Crippen MR) is 148 cm³/mol. The number of hydrogen-bond acceptors (Lipinski definition) is 7. The lowest BCUT2D eigenvalue weighted by molar-refractivity contribution is 0.0693. The fourth-order valence-corrected chi connectivity index (χ4v) is 4.52. The summed E-state index contributed by atoms with van der Waals surface area (Å²) in [7, 11) is 2.91. The van der Waals surface area contributed by atoms with E-state index in [0.29, 0.717) is 34.4 Å². The summed E-state index contributed by atoms with van der Waals surface area (Å²) in [5.41, 5.74) is 5.18. The number of halogens is 1. The second kappa shape index (κ2) is 10.7. The number of aromatic nitrogens is 2. The smallest absolute Gasteiger partial charge is 0.339 e. The van der Waals surface area contributed by atoms with Crippen molar-refractivity contribution in [3.8, 4) is 22.8 Å². The normalized spacial score (nSPS) is 12.3. The van der Waals surface area contributed by atoms with Crippen molar-refractivity contribution in [1.82, 2.24) is 9.97 Å². The largest absolute Gasteiger partial charge is 0.496 e. The zero-order valence-electron chi connectivity index (χ0n) is 21.5. The molecule has 1 aliphatic heterocycles. The third kappa shape index (κ3) is 4.94. The van der Waals surface area contributed by atoms with Gasteiger partial charge in [-0.05, 0) is 42.8 Å². The van der Waals surface area contributed by atoms with Gasteiger partial charge in [0.25, 0.3) is 0 Å². The van der Waals surface area contributed by atoms with E-state index in [-0.39, 0.29) is 23.4 Å². The lowest BCUT2D eigenvalue weighted by Crippen LogP contribution is -2.10. The standard InChI is InChI=1S/C30H25FN4O4/c1-4-6-17-9-11-20-22(13-17)28(26-23(31)7-5-8-24(26)38-2)32-15-18-16-33-30(35-27(18)20)34-19-10-12-21(29(36)37)25(14-19)39-3/h4-14,16H,15H2,1-3H3,(H,36,37)(H,33,34,35)/b6-4-. The molecule has 0 bridgehead atoms. The summed E-state index contributed by atoms with van der Waals surface area (Å²) < 4.78 is 25.9. The molecule has 5 rings (SSSR count). The fourth-order valence-electron chi connectivity index (χ4n) is 4.52. The van der Waals surface area contributed by atoms with Gasteiger partial charge in [0.1, 0.15) is 22.9 Å². The highest BCUT2D eigenvalue weighted by molar-refractivity contribution is 6.18. The predicted octanol–water partition coefficient (Wildman–Crippen LogP) is 6.13. The Morgan fingerprint density at radius 3 is 2.62 bits per heavy atom. The van der Waals surface area contributed by atoms with E-state index in [0.717, 1.165) is 16.7 Å². The van der Waals surface area contributed by atoms with Gasteiger partial charge in [0.2, 0.25) is 5.95 Å². The molecular weight excluding hydrogens is 499 g/mol. The van der Waals surface area contributed by atoms with Gasteiger partial charge in [-0.25, -0.2) is 19.2 Å². The molecule has 0 saturated heterocycles. The number of rotatable bonds is 7. The molecule has 39 heavy (non-hydrogen) atoms. The van der Waals surface area contributed by atoms with E-state index in [2.05, 4.69) is 10.3 Å². The van der Waals surface area contributed by atoms with E-state index < -0.39 is 11.8 Å². The summed E-state index contributed by atoms with van der Waals surface area (Å²) in [5.74, 6) is -0.631. The first-order valence-electron chi connectivity index (χ1n) is 12.1. The maximum Gasteiger partial charge on any atom is 0.339 e. The molecule has 0 spiro atoms. The zero-order valence-corrected chi connectivity index (χ0v) is 21.5. The number of carboxylic acids is 1. The Hall–Kier alpha value is -5.05. The topological polar surface area (TPSA) is 106 Å². The van der Waals surface area contributed by atoms with Gasteiger partial charge in [-0.2, -0.15) is 0 Å². The highest BCUT2D eigenvalue weighted by Gasteiger charge is 2.25. The SMILES string of the molecule is C/C=C\c1ccc2c(c1)C(c1c(F)cccc1OC)=NCc1cnc(Nc3ccc(C(=O)O)c(OC)c3)nc1-2. The van der Waals surface area contributed by atoms with Crippen LogP contribution in [0.5, 0.6) is 11.5 Å². The van der Waals surface area contributed by atoms with Crippen LogP contribution in [0.4, 0.5) is 16.0 Å². The van der Waals surface area contributed by atoms with E-state index in [1.807, 2.05) is 37.3 Å². The van der Waals surface area contributed by atoms with Crippen LogP contribution >= 0.6 is 0 Å². The number of nitrogens with zero attached hydrogens (tertiary/aromatic N) is 3. The van der Waals surface area contributed by atoms with Crippen molar-refractivity contribution in [2.75, 3.05) is 19.5 Å². The van der Waals surface area contributed by atoms with Crippen LogP contribution in [0.25, 0.3) is 17.3 Å². The number of anilines is 2. The van der Waals surface area contributed by atoms with Gasteiger partial charge < -0.3 is 19.9 Å². The van der Waals surface area contributed by atoms with Crippen molar-refractivity contribution in [3.05, 3.63) is 101 Å². The number of hydrogen-bond donors (Lipinski definition) is 2. The first-order chi connectivity index (χ1) is 18.9. The Labute approximate surface area is 224 Å². The van der Waals surface area contributed by atoms with Crippen LogP contribution in [0.15, 0.2) is 71.9 Å². The molecule has 4 aromatic rings. The third-order valence-corrected chi connectivity index (χ3v) is 6.31. The molecule has 196 valence electrons. The van der Waals surface area contributed by atoms with Gasteiger partial charge in [-0.1, -0.05) is 30.4 Å². The molecule has 2 N–H and O–H groups in total. The van der Waals surface area contributed by atoms with Gasteiger partial charge in [0, 0.05) is 34.6 Å². The summed E-state index contributed by atoms with van der Waals surface area (Å²) in [4.78, 5) is 25.5. The molecular formula is C30H25FN4O4. The highest BCUT2D eigenvalue weighted by Crippen LogP contribution is 2.36. The first-order valence-corrected chi connectivity index (χ1v) is 12.1. The van der Waals surface area contributed by atoms with E-state index in [9.17, 15) is 9.90 Å². The lowest BCUT2D eigenvalue weighted by Gasteiger charge is -2.15. The molecule has 0 aliphatic carbocycles. The van der Waals surface area contributed by atoms with E-state index in [1.165, 1.54) is 26.4 Å². The second-order valence-corrected chi connectivity index (χ2v) is 8.70. The van der Waals surface area contributed by atoms with Crippen molar-refractivity contribution in [3.63, 3.8) is 0 Å². The van der Waals surface area contributed by atoms with Crippen LogP contribution in [-0.2, 0) is 6.54 Å². The molecule has 9 heteroatoms. The van der Waals surface area contributed by atoms with E-state index in [4.69, 9.17) is 19.5 Å². The fraction of sp³-hybridized carbons (Fsp3) is 0.133. The molecule has 1 aliphatic rings. The number of allylic oxidation sites excluding steroid dienone is 1. The van der Waals surface area contributed by atoms with Gasteiger partial charge in [0.05, 0.1) is 37.7 Å². The minimum absolute atomic E-state index is 0.0463. The summed E-state index contributed by atoms with van der Waals surface area (Å²) in [6.07, 6.45) is 5.58. The first kappa shape index (κ1) is 25.6. The number of aliphatic imine (C=N–C) groups is 1. The minimum Gasteiger partial charge on any atom is -0.496 e. The van der Waals surface area contributed by atoms with Crippen molar-refractivity contribution in [2.45, 2.75) is 13.5 Å². The zero-order chi connectivity index (χ0) is 27.5. The molecule has 0 fully saturated rings. The average Bonchev–Trinajstić information content (AvgIpc) is 3.09. The van der Waals surface area contributed by atoms with E-state index in [1.54, 1.807) is 30.5 Å². The van der Waals surface area contributed by atoms with Gasteiger partial charge in [0.15, 0.2) is 0 Å². The molecule has 0 atom stereocenters. The van der Waals surface area contributed by atoms with Gasteiger partial charge in [-0.15, -0.1) is 0 Å². The quantitative estimate of drug-likeness (QED) is 0.300. The third-order valence-electron chi connectivity index (χ3n) is 6.31. The molecule has 0 saturated carbocycles. The molecule has 1 aromatic heterocycles. The number of benzene rings is 3. The van der Waals surface area contributed by atoms with Crippen LogP contribution in [0.1, 0.15) is 39.5 Å². The van der Waals surface area contributed by atoms with Crippen molar-refractivity contribution < 1.29 is 23.8 Å². The molecule has 8 nitrogen and oxygen atoms in total. The number of carbonyl (C=O) groups is 1. The van der Waals surface area contributed by atoms with Crippen molar-refractivity contribution in [2.24, 2.45) is 4.99 Å². The number of nitrogens with one attached hydrogen (secondary N) is 1. The van der Waals surface area contributed by atoms with Crippen LogP contribution < -0.4 is 14.8 Å². The Kier molecular flexibility index (Phi) is 7.05. The highest BCUT2D eigenvalue weighted by atomic mass is 19.1. The van der Waals surface area contributed by atoms with Crippen LogP contribution in [-0.4, -0.2) is 41.0 Å². The Morgan fingerprint density at radius 2 is 1.87 bits per heavy atom. The maximum absolute atomic E-state index is 15.2. The second-order valence-electron chi connectivity index (χ2n) is 8.70. The number of methoxy groups -OCH3 is 2.